The number of nitrogens with zero attached hydrogens (tertiary/aromatic N) is 3. The number of nitrogens with one attached hydrogen (secondary N) is 1. The Kier molecular flexibility index (Phi) is 7.79. The SMILES string of the molecule is COc1cc(C=NNc2nc(-c3ccc(Cl)cc3Cl)cs2)ccc1OC(=O)c1ccc([N+](=O)[O-])cc1. The quantitative estimate of drug-likeness (QED) is 0.0865. The van der Waals surface area contributed by atoms with E-state index >= 15 is 0 Å². The summed E-state index contributed by atoms with van der Waals surface area (Å²) in [7, 11) is 1.44. The lowest BCUT2D eigenvalue weighted by molar-refractivity contribution is -0.384. The van der Waals surface area contributed by atoms with Crippen LogP contribution in [0.5, 0.6) is 11.5 Å². The van der Waals surface area contributed by atoms with Gasteiger partial charge in [-0.2, -0.15) is 5.10 Å². The zero-order valence-corrected chi connectivity index (χ0v) is 20.8. The monoisotopic (exact) mass is 542 g/mol. The first kappa shape index (κ1) is 25.1. The van der Waals surface area contributed by atoms with Crippen molar-refractivity contribution in [2.75, 3.05) is 12.5 Å². The van der Waals surface area contributed by atoms with Crippen molar-refractivity contribution >= 4 is 57.5 Å². The highest BCUT2D eigenvalue weighted by molar-refractivity contribution is 7.14. The van der Waals surface area contributed by atoms with Crippen molar-refractivity contribution in [3.63, 3.8) is 0 Å². The smallest absolute Gasteiger partial charge is 0.343 e. The highest BCUT2D eigenvalue weighted by atomic mass is 35.5. The third-order valence-electron chi connectivity index (χ3n) is 4.79. The van der Waals surface area contributed by atoms with Gasteiger partial charge in [-0.3, -0.25) is 15.5 Å². The third kappa shape index (κ3) is 5.98. The standard InChI is InChI=1S/C24H16Cl2N4O5S/c1-34-22-10-14(2-9-21(22)35-23(31)15-3-6-17(7-4-15)30(32)33)12-27-29-24-28-20(13-36-24)18-8-5-16(25)11-19(18)26/h2-13H,1H3,(H,28,29). The van der Waals surface area contributed by atoms with Crippen LogP contribution in [-0.4, -0.2) is 29.2 Å². The van der Waals surface area contributed by atoms with Crippen LogP contribution in [-0.2, 0) is 0 Å². The molecule has 36 heavy (non-hydrogen) atoms. The second-order valence-corrected chi connectivity index (χ2v) is 8.84. The number of anilines is 1. The molecular weight excluding hydrogens is 527 g/mol. The molecule has 0 aliphatic rings. The van der Waals surface area contributed by atoms with Crippen molar-refractivity contribution in [1.82, 2.24) is 4.98 Å². The molecule has 0 saturated heterocycles. The lowest BCUT2D eigenvalue weighted by Gasteiger charge is -2.10. The second-order valence-electron chi connectivity index (χ2n) is 7.14. The van der Waals surface area contributed by atoms with Crippen LogP contribution in [0.25, 0.3) is 11.3 Å². The minimum atomic E-state index is -0.674. The minimum Gasteiger partial charge on any atom is -0.493 e. The van der Waals surface area contributed by atoms with E-state index < -0.39 is 10.9 Å². The van der Waals surface area contributed by atoms with Crippen molar-refractivity contribution in [3.05, 3.63) is 97.3 Å². The molecule has 0 radical (unpaired) electrons. The average molecular weight is 543 g/mol. The molecule has 3 aromatic carbocycles. The number of carbonyl (C=O) groups excluding carboxylic acids is 1. The Morgan fingerprint density at radius 1 is 1.11 bits per heavy atom. The number of nitro groups is 1. The normalized spacial score (nSPS) is 10.9. The predicted octanol–water partition coefficient (Wildman–Crippen LogP) is 6.70. The first-order valence-electron chi connectivity index (χ1n) is 10.2. The summed E-state index contributed by atoms with van der Waals surface area (Å²) in [5.41, 5.74) is 5.04. The van der Waals surface area contributed by atoms with Gasteiger partial charge in [-0.1, -0.05) is 23.2 Å². The van der Waals surface area contributed by atoms with E-state index in [9.17, 15) is 14.9 Å². The van der Waals surface area contributed by atoms with Crippen LogP contribution < -0.4 is 14.9 Å². The Bertz CT molecular complexity index is 1460. The molecule has 0 atom stereocenters. The Balaban J connectivity index is 1.41. The van der Waals surface area contributed by atoms with Gasteiger partial charge in [0.1, 0.15) is 0 Å². The number of nitro benzene ring substituents is 1. The molecule has 4 rings (SSSR count). The van der Waals surface area contributed by atoms with E-state index in [1.54, 1.807) is 42.6 Å². The van der Waals surface area contributed by atoms with Gasteiger partial charge in [0.25, 0.3) is 5.69 Å². The molecule has 182 valence electrons. The fourth-order valence-corrected chi connectivity index (χ4v) is 4.20. The highest BCUT2D eigenvalue weighted by Gasteiger charge is 2.15. The first-order valence-corrected chi connectivity index (χ1v) is 11.8. The largest absolute Gasteiger partial charge is 0.493 e. The number of rotatable bonds is 8. The van der Waals surface area contributed by atoms with Gasteiger partial charge in [-0.15, -0.1) is 11.3 Å². The van der Waals surface area contributed by atoms with Crippen LogP contribution >= 0.6 is 34.5 Å². The number of hydrogen-bond acceptors (Lipinski definition) is 9. The Hall–Kier alpha value is -3.99. The minimum absolute atomic E-state index is 0.121. The van der Waals surface area contributed by atoms with Crippen molar-refractivity contribution in [3.8, 4) is 22.8 Å². The molecule has 0 saturated carbocycles. The number of methoxy groups -OCH3 is 1. The molecule has 0 aliphatic carbocycles. The number of non-ortho nitro benzene ring substituents is 1. The molecule has 0 bridgehead atoms. The van der Waals surface area contributed by atoms with Crippen molar-refractivity contribution < 1.29 is 19.2 Å². The molecule has 0 aliphatic heterocycles. The van der Waals surface area contributed by atoms with E-state index in [1.165, 1.54) is 42.7 Å². The summed E-state index contributed by atoms with van der Waals surface area (Å²) in [5, 5.41) is 18.4. The van der Waals surface area contributed by atoms with Gasteiger partial charge < -0.3 is 9.47 Å². The van der Waals surface area contributed by atoms with E-state index in [2.05, 4.69) is 15.5 Å². The molecule has 0 unspecified atom stereocenters. The lowest BCUT2D eigenvalue weighted by Crippen LogP contribution is -2.09. The summed E-state index contributed by atoms with van der Waals surface area (Å²) < 4.78 is 10.7. The number of aromatic nitrogens is 1. The maximum Gasteiger partial charge on any atom is 0.343 e. The van der Waals surface area contributed by atoms with Gasteiger partial charge in [0, 0.05) is 28.1 Å². The third-order valence-corrected chi connectivity index (χ3v) is 6.08. The molecule has 0 fully saturated rings. The van der Waals surface area contributed by atoms with Crippen molar-refractivity contribution in [2.24, 2.45) is 5.10 Å². The number of carbonyl (C=O) groups is 1. The van der Waals surface area contributed by atoms with Gasteiger partial charge >= 0.3 is 5.97 Å². The maximum atomic E-state index is 12.4. The lowest BCUT2D eigenvalue weighted by atomic mass is 10.2. The van der Waals surface area contributed by atoms with Gasteiger partial charge in [-0.05, 0) is 54.1 Å². The zero-order chi connectivity index (χ0) is 25.7. The highest BCUT2D eigenvalue weighted by Crippen LogP contribution is 2.32. The predicted molar refractivity (Wildman–Crippen MR) is 140 cm³/mol. The Morgan fingerprint density at radius 3 is 2.58 bits per heavy atom. The molecule has 0 amide bonds. The number of hydrogen-bond donors (Lipinski definition) is 1. The van der Waals surface area contributed by atoms with E-state index in [1.807, 2.05) is 5.38 Å². The molecule has 9 nitrogen and oxygen atoms in total. The fourth-order valence-electron chi connectivity index (χ4n) is 3.03. The molecule has 4 aromatic rings. The van der Waals surface area contributed by atoms with E-state index in [0.717, 1.165) is 5.56 Å². The summed E-state index contributed by atoms with van der Waals surface area (Å²) in [4.78, 5) is 27.1. The zero-order valence-electron chi connectivity index (χ0n) is 18.5. The van der Waals surface area contributed by atoms with Crippen LogP contribution in [0.1, 0.15) is 15.9 Å². The molecule has 12 heteroatoms. The van der Waals surface area contributed by atoms with Crippen LogP contribution in [0.4, 0.5) is 10.8 Å². The van der Waals surface area contributed by atoms with E-state index in [0.29, 0.717) is 32.2 Å². The Morgan fingerprint density at radius 2 is 1.89 bits per heavy atom. The first-order chi connectivity index (χ1) is 17.3. The number of hydrazone groups is 1. The van der Waals surface area contributed by atoms with Crippen LogP contribution in [0.2, 0.25) is 10.0 Å². The number of ether oxygens (including phenoxy) is 2. The molecule has 1 heterocycles. The van der Waals surface area contributed by atoms with Crippen LogP contribution in [0.15, 0.2) is 71.1 Å². The Labute approximate surface area is 219 Å². The maximum absolute atomic E-state index is 12.4. The van der Waals surface area contributed by atoms with Gasteiger partial charge in [0.05, 0.1) is 34.5 Å². The summed E-state index contributed by atoms with van der Waals surface area (Å²) in [5.74, 6) is -0.176. The van der Waals surface area contributed by atoms with Crippen LogP contribution in [0, 0.1) is 10.1 Å². The number of benzene rings is 3. The average Bonchev–Trinajstić information content (AvgIpc) is 3.33. The second kappa shape index (κ2) is 11.2. The van der Waals surface area contributed by atoms with Gasteiger partial charge in [0.15, 0.2) is 11.5 Å². The van der Waals surface area contributed by atoms with Gasteiger partial charge in [-0.25, -0.2) is 9.78 Å². The molecule has 1 aromatic heterocycles. The topological polar surface area (TPSA) is 116 Å². The van der Waals surface area contributed by atoms with Crippen LogP contribution in [0.3, 0.4) is 0 Å². The fraction of sp³-hybridized carbons (Fsp3) is 0.0417. The number of halogens is 2. The van der Waals surface area contributed by atoms with Crippen molar-refractivity contribution in [2.45, 2.75) is 0 Å². The summed E-state index contributed by atoms with van der Waals surface area (Å²) in [6.45, 7) is 0. The summed E-state index contributed by atoms with van der Waals surface area (Å²) in [6, 6.07) is 15.2. The van der Waals surface area contributed by atoms with E-state index in [-0.39, 0.29) is 17.0 Å². The van der Waals surface area contributed by atoms with Crippen molar-refractivity contribution in [1.29, 1.82) is 0 Å². The van der Waals surface area contributed by atoms with E-state index in [4.69, 9.17) is 32.7 Å². The van der Waals surface area contributed by atoms with Gasteiger partial charge in [0.2, 0.25) is 5.13 Å². The number of thiazole rings is 1. The number of esters is 1. The molecule has 1 N–H and O–H groups in total. The molecular formula is C24H16Cl2N4O5S. The summed E-state index contributed by atoms with van der Waals surface area (Å²) in [6.07, 6.45) is 1.56. The summed E-state index contributed by atoms with van der Waals surface area (Å²) >= 11 is 13.6. The molecule has 0 spiro atoms.